The normalized spacial score (nSPS) is 23.8. The van der Waals surface area contributed by atoms with E-state index in [2.05, 4.69) is 40.7 Å². The van der Waals surface area contributed by atoms with Crippen molar-refractivity contribution in [3.8, 4) is 0 Å². The van der Waals surface area contributed by atoms with E-state index in [9.17, 15) is 4.79 Å². The van der Waals surface area contributed by atoms with Crippen LogP contribution in [0, 0.1) is 0 Å². The average Bonchev–Trinajstić information content (AvgIpc) is 3.31. The molecule has 2 aliphatic rings. The highest BCUT2D eigenvalue weighted by atomic mass is 32.1. The van der Waals surface area contributed by atoms with Crippen LogP contribution in [0.25, 0.3) is 0 Å². The number of nitrogens with zero attached hydrogens (tertiary/aromatic N) is 1. The van der Waals surface area contributed by atoms with Gasteiger partial charge in [0.1, 0.15) is 0 Å². The van der Waals surface area contributed by atoms with Crippen LogP contribution in [0.3, 0.4) is 0 Å². The minimum Gasteiger partial charge on any atom is -0.397 e. The first-order valence-electron chi connectivity index (χ1n) is 8.96. The van der Waals surface area contributed by atoms with Gasteiger partial charge < -0.3 is 16.0 Å². The van der Waals surface area contributed by atoms with Gasteiger partial charge in [0.25, 0.3) is 0 Å². The highest BCUT2D eigenvalue weighted by Crippen LogP contribution is 2.37. The van der Waals surface area contributed by atoms with Gasteiger partial charge in [-0.25, -0.2) is 4.79 Å². The monoisotopic (exact) mass is 345 g/mol. The summed E-state index contributed by atoms with van der Waals surface area (Å²) in [5.74, 6) is 0. The van der Waals surface area contributed by atoms with Gasteiger partial charge in [0, 0.05) is 29.1 Å². The fraction of sp³-hybridized carbons (Fsp3) is 0.526. The molecule has 0 saturated carbocycles. The second-order valence-electron chi connectivity index (χ2n) is 6.67. The van der Waals surface area contributed by atoms with Crippen LogP contribution in [0.2, 0.25) is 0 Å². The number of allylic oxidation sites excluding steroid dienone is 3. The van der Waals surface area contributed by atoms with Gasteiger partial charge in [0.15, 0.2) is 0 Å². The first-order valence-corrected chi connectivity index (χ1v) is 9.84. The van der Waals surface area contributed by atoms with Gasteiger partial charge in [-0.1, -0.05) is 25.5 Å². The van der Waals surface area contributed by atoms with Gasteiger partial charge in [-0.15, -0.1) is 11.3 Å². The van der Waals surface area contributed by atoms with Crippen molar-refractivity contribution in [2.75, 3.05) is 0 Å². The first-order chi connectivity index (χ1) is 11.7. The Morgan fingerprint density at radius 2 is 2.08 bits per heavy atom. The summed E-state index contributed by atoms with van der Waals surface area (Å²) < 4.78 is 0. The lowest BCUT2D eigenvalue weighted by atomic mass is 10.0. The molecule has 0 aliphatic carbocycles. The molecule has 2 bridgehead atoms. The van der Waals surface area contributed by atoms with E-state index in [0.717, 1.165) is 50.6 Å². The van der Waals surface area contributed by atoms with Crippen LogP contribution in [0.4, 0.5) is 4.79 Å². The molecular formula is C19H27N3OS. The summed E-state index contributed by atoms with van der Waals surface area (Å²) in [6.07, 6.45) is 11.3. The van der Waals surface area contributed by atoms with Gasteiger partial charge in [-0.05, 0) is 49.6 Å². The smallest absolute Gasteiger partial charge is 0.322 e. The molecule has 0 radical (unpaired) electrons. The summed E-state index contributed by atoms with van der Waals surface area (Å²) in [6.45, 7) is 2.11. The molecule has 0 unspecified atom stereocenters. The zero-order valence-corrected chi connectivity index (χ0v) is 15.1. The molecule has 24 heavy (non-hydrogen) atoms. The third-order valence-electron chi connectivity index (χ3n) is 4.99. The second-order valence-corrected chi connectivity index (χ2v) is 7.70. The minimum atomic E-state index is 0.0399. The van der Waals surface area contributed by atoms with Crippen LogP contribution in [-0.4, -0.2) is 23.0 Å². The van der Waals surface area contributed by atoms with E-state index in [4.69, 9.17) is 5.73 Å². The van der Waals surface area contributed by atoms with Crippen molar-refractivity contribution in [2.24, 2.45) is 5.73 Å². The lowest BCUT2D eigenvalue weighted by Crippen LogP contribution is -2.43. The summed E-state index contributed by atoms with van der Waals surface area (Å²) >= 11 is 1.74. The predicted molar refractivity (Wildman–Crippen MR) is 99.7 cm³/mol. The Kier molecular flexibility index (Phi) is 5.61. The van der Waals surface area contributed by atoms with Crippen LogP contribution in [0.5, 0.6) is 0 Å². The lowest BCUT2D eigenvalue weighted by molar-refractivity contribution is 0.194. The number of nitrogens with two attached hydrogens (primary N) is 1. The zero-order chi connectivity index (χ0) is 16.9. The van der Waals surface area contributed by atoms with E-state index in [1.165, 1.54) is 4.88 Å². The molecule has 3 heterocycles. The van der Waals surface area contributed by atoms with E-state index >= 15 is 0 Å². The summed E-state index contributed by atoms with van der Waals surface area (Å²) in [7, 11) is 0. The van der Waals surface area contributed by atoms with Crippen LogP contribution >= 0.6 is 11.3 Å². The molecule has 0 spiro atoms. The predicted octanol–water partition coefficient (Wildman–Crippen LogP) is 4.15. The molecule has 3 rings (SSSR count). The molecule has 0 aromatic carbocycles. The highest BCUT2D eigenvalue weighted by molar-refractivity contribution is 7.09. The van der Waals surface area contributed by atoms with Crippen LogP contribution in [-0.2, 0) is 6.42 Å². The van der Waals surface area contributed by atoms with Gasteiger partial charge in [0.2, 0.25) is 0 Å². The molecule has 2 aliphatic heterocycles. The van der Waals surface area contributed by atoms with Gasteiger partial charge in [-0.3, -0.25) is 0 Å². The number of rotatable bonds is 6. The Labute approximate surface area is 148 Å². The van der Waals surface area contributed by atoms with E-state index in [-0.39, 0.29) is 6.03 Å². The number of fused-ring (bicyclic) bond motifs is 2. The molecule has 1 aromatic rings. The maximum Gasteiger partial charge on any atom is 0.322 e. The summed E-state index contributed by atoms with van der Waals surface area (Å²) in [5.41, 5.74) is 7.77. The third kappa shape index (κ3) is 3.83. The minimum absolute atomic E-state index is 0.0399. The van der Waals surface area contributed by atoms with Crippen LogP contribution < -0.4 is 11.1 Å². The maximum atomic E-state index is 12.7. The molecule has 130 valence electrons. The Morgan fingerprint density at radius 1 is 1.38 bits per heavy atom. The molecule has 3 N–H and O–H groups in total. The second kappa shape index (κ2) is 7.88. The first kappa shape index (κ1) is 17.1. The van der Waals surface area contributed by atoms with Crippen molar-refractivity contribution in [3.05, 3.63) is 45.9 Å². The Morgan fingerprint density at radius 3 is 2.67 bits per heavy atom. The fourth-order valence-electron chi connectivity index (χ4n) is 3.80. The van der Waals surface area contributed by atoms with E-state index < -0.39 is 0 Å². The van der Waals surface area contributed by atoms with Crippen molar-refractivity contribution in [2.45, 2.75) is 64.0 Å². The van der Waals surface area contributed by atoms with Crippen molar-refractivity contribution in [3.63, 3.8) is 0 Å². The Balaban J connectivity index is 1.64. The summed E-state index contributed by atoms with van der Waals surface area (Å²) in [6, 6.07) is 5.09. The summed E-state index contributed by atoms with van der Waals surface area (Å²) in [4.78, 5) is 16.0. The third-order valence-corrected chi connectivity index (χ3v) is 5.89. The molecule has 2 amide bonds. The van der Waals surface area contributed by atoms with Crippen LogP contribution in [0.15, 0.2) is 41.1 Å². The van der Waals surface area contributed by atoms with E-state index in [1.54, 1.807) is 11.3 Å². The number of urea groups is 1. The van der Waals surface area contributed by atoms with Crippen LogP contribution in [0.1, 0.15) is 50.3 Å². The van der Waals surface area contributed by atoms with Crippen molar-refractivity contribution >= 4 is 17.4 Å². The summed E-state index contributed by atoms with van der Waals surface area (Å²) in [5, 5.41) is 5.18. The maximum absolute atomic E-state index is 12.7. The number of amides is 2. The Hall–Kier alpha value is -1.75. The van der Waals surface area contributed by atoms with Crippen molar-refractivity contribution < 1.29 is 4.79 Å². The zero-order valence-electron chi connectivity index (χ0n) is 14.3. The SMILES string of the molecule is CCC/C(NC(=O)N1C2CCC1CC2)=C(N)\C=C/Cc1cccs1. The number of carbonyl (C=O) groups excluding carboxylic acids is 1. The largest absolute Gasteiger partial charge is 0.397 e. The van der Waals surface area contributed by atoms with Gasteiger partial charge in [-0.2, -0.15) is 0 Å². The lowest BCUT2D eigenvalue weighted by Gasteiger charge is -2.24. The number of carbonyl (C=O) groups is 1. The van der Waals surface area contributed by atoms with Crippen molar-refractivity contribution in [1.29, 1.82) is 0 Å². The number of thiophene rings is 1. The quantitative estimate of drug-likeness (QED) is 0.761. The molecule has 2 fully saturated rings. The molecule has 4 nitrogen and oxygen atoms in total. The van der Waals surface area contributed by atoms with E-state index in [1.807, 2.05) is 6.08 Å². The van der Waals surface area contributed by atoms with E-state index in [0.29, 0.717) is 17.8 Å². The fourth-order valence-corrected chi connectivity index (χ4v) is 4.48. The number of hydrogen-bond acceptors (Lipinski definition) is 3. The molecule has 2 saturated heterocycles. The van der Waals surface area contributed by atoms with Gasteiger partial charge >= 0.3 is 6.03 Å². The molecule has 5 heteroatoms. The van der Waals surface area contributed by atoms with Crippen molar-refractivity contribution in [1.82, 2.24) is 10.2 Å². The molecular weight excluding hydrogens is 318 g/mol. The molecule has 0 atom stereocenters. The number of nitrogens with one attached hydrogen (secondary N) is 1. The average molecular weight is 346 g/mol. The highest BCUT2D eigenvalue weighted by Gasteiger charge is 2.42. The Bertz CT molecular complexity index is 601. The molecule has 1 aromatic heterocycles. The standard InChI is InChI=1S/C19H27N3OS/c1-2-5-18(17(20)8-3-6-16-7-4-13-24-16)21-19(23)22-14-9-10-15(22)12-11-14/h3-4,7-8,13-15H,2,5-6,9-12,20H2,1H3,(H,21,23)/b8-3-,18-17-. The topological polar surface area (TPSA) is 58.4 Å². The van der Waals surface area contributed by atoms with Gasteiger partial charge in [0.05, 0.1) is 5.70 Å². The number of hydrogen-bond donors (Lipinski definition) is 2.